The first kappa shape index (κ1) is 12.1. The highest BCUT2D eigenvalue weighted by Gasteiger charge is 2.10. The first-order chi connectivity index (χ1) is 7.24. The maximum atomic E-state index is 10.6. The zero-order valence-electron chi connectivity index (χ0n) is 9.12. The third-order valence-corrected chi connectivity index (χ3v) is 2.94. The second-order valence-electron chi connectivity index (χ2n) is 3.27. The van der Waals surface area contributed by atoms with Crippen LogP contribution in [0, 0.1) is 0 Å². The third-order valence-electron chi connectivity index (χ3n) is 2.05. The van der Waals surface area contributed by atoms with Crippen LogP contribution in [0.25, 0.3) is 0 Å². The summed E-state index contributed by atoms with van der Waals surface area (Å²) in [5, 5.41) is 9.20. The predicted octanol–water partition coefficient (Wildman–Crippen LogP) is 1.32. The van der Waals surface area contributed by atoms with Gasteiger partial charge in [0.25, 0.3) is 0 Å². The van der Waals surface area contributed by atoms with Crippen molar-refractivity contribution in [3.8, 4) is 0 Å². The van der Waals surface area contributed by atoms with Gasteiger partial charge in [0.05, 0.1) is 6.04 Å². The lowest BCUT2D eigenvalue weighted by molar-refractivity contribution is -0.118. The molecular formula is C10H17N3OS. The van der Waals surface area contributed by atoms with E-state index in [0.29, 0.717) is 12.6 Å². The molecule has 0 radical (unpaired) electrons. The van der Waals surface area contributed by atoms with Crippen molar-refractivity contribution < 1.29 is 4.79 Å². The van der Waals surface area contributed by atoms with E-state index in [1.54, 1.807) is 11.3 Å². The zero-order chi connectivity index (χ0) is 11.1. The standard InChI is InChI=1S/C10H17N3OS/c1-3-9(10-13-6-7-15-10)12-5-4-11-8(2)14/h6-7,9,12H,3-5H2,1-2H3,(H,11,14). The number of amides is 1. The molecule has 5 heteroatoms. The molecule has 0 bridgehead atoms. The van der Waals surface area contributed by atoms with Crippen molar-refractivity contribution in [2.75, 3.05) is 13.1 Å². The van der Waals surface area contributed by atoms with E-state index < -0.39 is 0 Å². The summed E-state index contributed by atoms with van der Waals surface area (Å²) >= 11 is 1.66. The Hall–Kier alpha value is -0.940. The van der Waals surface area contributed by atoms with Crippen molar-refractivity contribution in [3.05, 3.63) is 16.6 Å². The highest BCUT2D eigenvalue weighted by Crippen LogP contribution is 2.17. The fourth-order valence-corrected chi connectivity index (χ4v) is 2.09. The van der Waals surface area contributed by atoms with E-state index in [1.807, 2.05) is 11.6 Å². The Labute approximate surface area is 94.1 Å². The second-order valence-corrected chi connectivity index (χ2v) is 4.19. The largest absolute Gasteiger partial charge is 0.355 e. The second kappa shape index (κ2) is 6.53. The number of nitrogens with zero attached hydrogens (tertiary/aromatic N) is 1. The normalized spacial score (nSPS) is 12.4. The van der Waals surface area contributed by atoms with Gasteiger partial charge in [-0.3, -0.25) is 4.79 Å². The van der Waals surface area contributed by atoms with Gasteiger partial charge in [0.1, 0.15) is 5.01 Å². The predicted molar refractivity (Wildman–Crippen MR) is 61.8 cm³/mol. The van der Waals surface area contributed by atoms with Crippen LogP contribution in [0.1, 0.15) is 31.3 Å². The molecule has 0 saturated heterocycles. The Morgan fingerprint density at radius 2 is 2.40 bits per heavy atom. The molecule has 1 atom stereocenters. The first-order valence-corrected chi connectivity index (χ1v) is 5.99. The van der Waals surface area contributed by atoms with Gasteiger partial charge in [-0.05, 0) is 6.42 Å². The van der Waals surface area contributed by atoms with Crippen LogP contribution >= 0.6 is 11.3 Å². The molecule has 0 spiro atoms. The molecule has 1 unspecified atom stereocenters. The van der Waals surface area contributed by atoms with E-state index in [1.165, 1.54) is 6.92 Å². The number of rotatable bonds is 6. The molecule has 1 rings (SSSR count). The molecular weight excluding hydrogens is 210 g/mol. The van der Waals surface area contributed by atoms with Gasteiger partial charge in [-0.1, -0.05) is 6.92 Å². The van der Waals surface area contributed by atoms with Crippen LogP contribution in [0.2, 0.25) is 0 Å². The number of nitrogens with one attached hydrogen (secondary N) is 2. The van der Waals surface area contributed by atoms with Crippen molar-refractivity contribution in [1.29, 1.82) is 0 Å². The van der Waals surface area contributed by atoms with Crippen LogP contribution in [0.4, 0.5) is 0 Å². The fourth-order valence-electron chi connectivity index (χ4n) is 1.30. The van der Waals surface area contributed by atoms with E-state index in [4.69, 9.17) is 0 Å². The van der Waals surface area contributed by atoms with Crippen LogP contribution in [0.15, 0.2) is 11.6 Å². The summed E-state index contributed by atoms with van der Waals surface area (Å²) in [6, 6.07) is 0.304. The van der Waals surface area contributed by atoms with E-state index in [-0.39, 0.29) is 5.91 Å². The molecule has 15 heavy (non-hydrogen) atoms. The number of carbonyl (C=O) groups excluding carboxylic acids is 1. The smallest absolute Gasteiger partial charge is 0.216 e. The van der Waals surface area contributed by atoms with Crippen molar-refractivity contribution in [2.24, 2.45) is 0 Å². The number of aromatic nitrogens is 1. The van der Waals surface area contributed by atoms with Crippen molar-refractivity contribution in [3.63, 3.8) is 0 Å². The SMILES string of the molecule is CCC(NCCNC(C)=O)c1nccs1. The van der Waals surface area contributed by atoms with Crippen LogP contribution < -0.4 is 10.6 Å². The third kappa shape index (κ3) is 4.40. The van der Waals surface area contributed by atoms with Gasteiger partial charge in [0.15, 0.2) is 0 Å². The molecule has 84 valence electrons. The fraction of sp³-hybridized carbons (Fsp3) is 0.600. The Balaban J connectivity index is 2.26. The minimum atomic E-state index is 0.0131. The average molecular weight is 227 g/mol. The Morgan fingerprint density at radius 1 is 1.60 bits per heavy atom. The van der Waals surface area contributed by atoms with E-state index >= 15 is 0 Å². The van der Waals surface area contributed by atoms with Crippen LogP contribution in [-0.2, 0) is 4.79 Å². The highest BCUT2D eigenvalue weighted by atomic mass is 32.1. The highest BCUT2D eigenvalue weighted by molar-refractivity contribution is 7.09. The molecule has 0 saturated carbocycles. The van der Waals surface area contributed by atoms with Gasteiger partial charge in [-0.25, -0.2) is 4.98 Å². The van der Waals surface area contributed by atoms with Crippen molar-refractivity contribution >= 4 is 17.2 Å². The Kier molecular flexibility index (Phi) is 5.28. The number of carbonyl (C=O) groups is 1. The van der Waals surface area contributed by atoms with Gasteiger partial charge in [0.2, 0.25) is 5.91 Å². The number of thiazole rings is 1. The van der Waals surface area contributed by atoms with Gasteiger partial charge in [0, 0.05) is 31.6 Å². The summed E-state index contributed by atoms with van der Waals surface area (Å²) in [5.74, 6) is 0.0131. The summed E-state index contributed by atoms with van der Waals surface area (Å²) in [7, 11) is 0. The number of hydrogen-bond acceptors (Lipinski definition) is 4. The van der Waals surface area contributed by atoms with Gasteiger partial charge >= 0.3 is 0 Å². The van der Waals surface area contributed by atoms with E-state index in [2.05, 4.69) is 22.5 Å². The number of hydrogen-bond donors (Lipinski definition) is 2. The minimum Gasteiger partial charge on any atom is -0.355 e. The Bertz CT molecular complexity index is 287. The van der Waals surface area contributed by atoms with Gasteiger partial charge in [-0.15, -0.1) is 11.3 Å². The molecule has 0 aliphatic rings. The lowest BCUT2D eigenvalue weighted by Crippen LogP contribution is -2.32. The quantitative estimate of drug-likeness (QED) is 0.721. The Morgan fingerprint density at radius 3 is 2.93 bits per heavy atom. The molecule has 1 aromatic heterocycles. The average Bonchev–Trinajstić information content (AvgIpc) is 2.70. The zero-order valence-corrected chi connectivity index (χ0v) is 9.93. The molecule has 1 heterocycles. The molecule has 0 fully saturated rings. The maximum absolute atomic E-state index is 10.6. The maximum Gasteiger partial charge on any atom is 0.216 e. The van der Waals surface area contributed by atoms with Crippen LogP contribution in [0.3, 0.4) is 0 Å². The van der Waals surface area contributed by atoms with Crippen molar-refractivity contribution in [2.45, 2.75) is 26.3 Å². The monoisotopic (exact) mass is 227 g/mol. The topological polar surface area (TPSA) is 54.0 Å². The molecule has 1 amide bonds. The minimum absolute atomic E-state index is 0.0131. The van der Waals surface area contributed by atoms with E-state index in [9.17, 15) is 4.79 Å². The summed E-state index contributed by atoms with van der Waals surface area (Å²) < 4.78 is 0. The molecule has 4 nitrogen and oxygen atoms in total. The lowest BCUT2D eigenvalue weighted by atomic mass is 10.2. The molecule has 1 aromatic rings. The first-order valence-electron chi connectivity index (χ1n) is 5.11. The summed E-state index contributed by atoms with van der Waals surface area (Å²) in [6.07, 6.45) is 2.83. The summed E-state index contributed by atoms with van der Waals surface area (Å²) in [4.78, 5) is 14.9. The summed E-state index contributed by atoms with van der Waals surface area (Å²) in [5.41, 5.74) is 0. The molecule has 0 aliphatic heterocycles. The van der Waals surface area contributed by atoms with Gasteiger partial charge < -0.3 is 10.6 Å². The molecule has 2 N–H and O–H groups in total. The molecule has 0 aliphatic carbocycles. The van der Waals surface area contributed by atoms with Crippen LogP contribution in [0.5, 0.6) is 0 Å². The van der Waals surface area contributed by atoms with Crippen molar-refractivity contribution in [1.82, 2.24) is 15.6 Å². The summed E-state index contributed by atoms with van der Waals surface area (Å²) in [6.45, 7) is 5.09. The molecule has 0 aromatic carbocycles. The van der Waals surface area contributed by atoms with E-state index in [0.717, 1.165) is 18.0 Å². The van der Waals surface area contributed by atoms with Crippen LogP contribution in [-0.4, -0.2) is 24.0 Å². The lowest BCUT2D eigenvalue weighted by Gasteiger charge is -2.14. The van der Waals surface area contributed by atoms with Gasteiger partial charge in [-0.2, -0.15) is 0 Å².